The largest absolute Gasteiger partial charge is 0.475 e. The van der Waals surface area contributed by atoms with Crippen LogP contribution in [0.25, 0.3) is 11.0 Å². The number of anilines is 2. The van der Waals surface area contributed by atoms with Crippen molar-refractivity contribution in [1.82, 2.24) is 29.5 Å². The summed E-state index contributed by atoms with van der Waals surface area (Å²) in [4.78, 5) is 9.05. The summed E-state index contributed by atoms with van der Waals surface area (Å²) in [5, 5.41) is 13.6. The van der Waals surface area contributed by atoms with Gasteiger partial charge in [-0.1, -0.05) is 18.5 Å². The number of ether oxygens (including phenoxy) is 2. The Hall–Kier alpha value is -2.39. The van der Waals surface area contributed by atoms with Crippen molar-refractivity contribution >= 4 is 34.3 Å². The topological polar surface area (TPSA) is 91.9 Å². The van der Waals surface area contributed by atoms with E-state index in [0.717, 1.165) is 42.8 Å². The Morgan fingerprint density at radius 3 is 3.04 bits per heavy atom. The van der Waals surface area contributed by atoms with E-state index < -0.39 is 0 Å². The van der Waals surface area contributed by atoms with E-state index in [1.807, 2.05) is 6.92 Å². The summed E-state index contributed by atoms with van der Waals surface area (Å²) < 4.78 is 15.5. The van der Waals surface area contributed by atoms with E-state index in [-0.39, 0.29) is 6.04 Å². The van der Waals surface area contributed by atoms with Gasteiger partial charge in [0.15, 0.2) is 10.8 Å². The number of aromatic nitrogens is 6. The zero-order valence-corrected chi connectivity index (χ0v) is 16.6. The number of aryl methyl sites for hydroxylation is 1. The number of nitrogens with one attached hydrogen (secondary N) is 1. The van der Waals surface area contributed by atoms with Crippen LogP contribution in [0.5, 0.6) is 5.88 Å². The maximum absolute atomic E-state index is 6.22. The van der Waals surface area contributed by atoms with Crippen molar-refractivity contribution in [2.75, 3.05) is 25.1 Å². The van der Waals surface area contributed by atoms with Crippen molar-refractivity contribution < 1.29 is 9.47 Å². The zero-order chi connectivity index (χ0) is 19.3. The Bertz CT molecular complexity index is 1030. The molecule has 148 valence electrons. The lowest BCUT2D eigenvalue weighted by atomic mass is 9.98. The first kappa shape index (κ1) is 17.7. The molecular formula is C18H22ClN7O2. The van der Waals surface area contributed by atoms with Crippen LogP contribution >= 0.6 is 11.6 Å². The first-order valence-electron chi connectivity index (χ1n) is 9.57. The molecule has 10 heteroatoms. The second-order valence-corrected chi connectivity index (χ2v) is 7.75. The van der Waals surface area contributed by atoms with Gasteiger partial charge in [0.2, 0.25) is 5.95 Å². The van der Waals surface area contributed by atoms with Crippen molar-refractivity contribution in [3.05, 3.63) is 17.0 Å². The fourth-order valence-electron chi connectivity index (χ4n) is 3.93. The van der Waals surface area contributed by atoms with Crippen LogP contribution in [0.3, 0.4) is 0 Å². The lowest BCUT2D eigenvalue weighted by molar-refractivity contribution is 0.0240. The Kier molecular flexibility index (Phi) is 4.36. The third-order valence-corrected chi connectivity index (χ3v) is 5.74. The molecule has 0 radical (unpaired) electrons. The molecular weight excluding hydrogens is 382 g/mol. The number of fused-ring (bicyclic) bond motifs is 2. The molecule has 0 unspecified atom stereocenters. The molecule has 1 N–H and O–H groups in total. The second-order valence-electron chi connectivity index (χ2n) is 7.39. The highest BCUT2D eigenvalue weighted by Gasteiger charge is 2.29. The second kappa shape index (κ2) is 6.89. The molecule has 0 saturated carbocycles. The monoisotopic (exact) mass is 403 g/mol. The third-order valence-electron chi connectivity index (χ3n) is 5.46. The maximum Gasteiger partial charge on any atom is 0.257 e. The fraction of sp³-hybridized carbons (Fsp3) is 0.556. The number of halogens is 1. The van der Waals surface area contributed by atoms with Gasteiger partial charge >= 0.3 is 0 Å². The molecule has 1 fully saturated rings. The van der Waals surface area contributed by atoms with Gasteiger partial charge in [-0.05, 0) is 13.3 Å². The molecule has 28 heavy (non-hydrogen) atoms. The van der Waals surface area contributed by atoms with E-state index in [0.29, 0.717) is 41.7 Å². The number of hydrogen-bond acceptors (Lipinski definition) is 7. The molecule has 2 aliphatic heterocycles. The summed E-state index contributed by atoms with van der Waals surface area (Å²) in [5.74, 6) is 1.44. The average Bonchev–Trinajstić information content (AvgIpc) is 3.16. The van der Waals surface area contributed by atoms with Crippen molar-refractivity contribution in [3.8, 4) is 5.88 Å². The Labute approximate surface area is 167 Å². The molecule has 0 aromatic carbocycles. The predicted octanol–water partition coefficient (Wildman–Crippen LogP) is 3.11. The highest BCUT2D eigenvalue weighted by atomic mass is 35.5. The lowest BCUT2D eigenvalue weighted by Crippen LogP contribution is -2.29. The minimum Gasteiger partial charge on any atom is -0.475 e. The Balaban J connectivity index is 1.58. The van der Waals surface area contributed by atoms with Gasteiger partial charge in [0.05, 0.1) is 30.3 Å². The van der Waals surface area contributed by atoms with Gasteiger partial charge in [-0.15, -0.1) is 5.10 Å². The average molecular weight is 404 g/mol. The lowest BCUT2D eigenvalue weighted by Gasteiger charge is -2.29. The molecule has 1 saturated heterocycles. The van der Waals surface area contributed by atoms with Crippen molar-refractivity contribution in [3.63, 3.8) is 0 Å². The van der Waals surface area contributed by atoms with Crippen molar-refractivity contribution in [1.29, 1.82) is 0 Å². The molecule has 2 aliphatic rings. The summed E-state index contributed by atoms with van der Waals surface area (Å²) in [6, 6.07) is 0.281. The first-order chi connectivity index (χ1) is 13.6. The van der Waals surface area contributed by atoms with Crippen LogP contribution in [0.15, 0.2) is 6.20 Å². The van der Waals surface area contributed by atoms with E-state index in [1.165, 1.54) is 0 Å². The fourth-order valence-corrected chi connectivity index (χ4v) is 4.15. The smallest absolute Gasteiger partial charge is 0.257 e. The summed E-state index contributed by atoms with van der Waals surface area (Å²) in [5.41, 5.74) is 2.52. The predicted molar refractivity (Wildman–Crippen MR) is 104 cm³/mol. The van der Waals surface area contributed by atoms with E-state index in [9.17, 15) is 0 Å². The molecule has 2 bridgehead atoms. The number of rotatable bonds is 1. The molecule has 3 aromatic rings. The van der Waals surface area contributed by atoms with Gasteiger partial charge < -0.3 is 14.8 Å². The van der Waals surface area contributed by atoms with Crippen LogP contribution in [-0.4, -0.2) is 49.3 Å². The molecule has 0 aliphatic carbocycles. The molecule has 0 spiro atoms. The maximum atomic E-state index is 6.22. The van der Waals surface area contributed by atoms with Gasteiger partial charge in [-0.2, -0.15) is 10.1 Å². The number of hydrogen-bond donors (Lipinski definition) is 1. The molecule has 0 amide bonds. The summed E-state index contributed by atoms with van der Waals surface area (Å²) in [7, 11) is 0. The molecule has 2 atom stereocenters. The zero-order valence-electron chi connectivity index (χ0n) is 15.9. The number of nitrogens with zero attached hydrogens (tertiary/aromatic N) is 6. The van der Waals surface area contributed by atoms with E-state index in [2.05, 4.69) is 32.0 Å². The van der Waals surface area contributed by atoms with Crippen LogP contribution in [0.2, 0.25) is 5.15 Å². The summed E-state index contributed by atoms with van der Waals surface area (Å²) in [6.07, 6.45) is 3.41. The highest BCUT2D eigenvalue weighted by molar-refractivity contribution is 6.34. The van der Waals surface area contributed by atoms with Crippen molar-refractivity contribution in [2.24, 2.45) is 5.92 Å². The van der Waals surface area contributed by atoms with Crippen LogP contribution in [0, 0.1) is 12.8 Å². The van der Waals surface area contributed by atoms with Gasteiger partial charge in [0, 0.05) is 31.7 Å². The molecule has 3 aromatic heterocycles. The quantitative estimate of drug-likeness (QED) is 0.667. The van der Waals surface area contributed by atoms with E-state index >= 15 is 0 Å². The van der Waals surface area contributed by atoms with Crippen LogP contribution in [-0.2, 0) is 11.3 Å². The molecule has 5 heterocycles. The van der Waals surface area contributed by atoms with Gasteiger partial charge in [-0.25, -0.2) is 9.67 Å². The summed E-state index contributed by atoms with van der Waals surface area (Å²) >= 11 is 6.22. The minimum absolute atomic E-state index is 0.281. The van der Waals surface area contributed by atoms with Gasteiger partial charge in [0.25, 0.3) is 5.88 Å². The highest BCUT2D eigenvalue weighted by Crippen LogP contribution is 2.36. The van der Waals surface area contributed by atoms with Gasteiger partial charge in [0.1, 0.15) is 5.69 Å². The summed E-state index contributed by atoms with van der Waals surface area (Å²) in [6.45, 7) is 6.91. The SMILES string of the molecule is Cc1c2c(nn1[C@@H]1CCOC[C@H]1C)OCCCn1nc(Cl)c3cnc(nc31)N2. The normalized spacial score (nSPS) is 22.4. The van der Waals surface area contributed by atoms with Crippen LogP contribution in [0.1, 0.15) is 31.5 Å². The van der Waals surface area contributed by atoms with E-state index in [1.54, 1.807) is 10.9 Å². The Morgan fingerprint density at radius 2 is 2.18 bits per heavy atom. The Morgan fingerprint density at radius 1 is 1.29 bits per heavy atom. The van der Waals surface area contributed by atoms with E-state index in [4.69, 9.17) is 26.2 Å². The van der Waals surface area contributed by atoms with Gasteiger partial charge in [-0.3, -0.25) is 4.68 Å². The molecule has 9 nitrogen and oxygen atoms in total. The minimum atomic E-state index is 0.281. The van der Waals surface area contributed by atoms with Crippen LogP contribution in [0.4, 0.5) is 11.6 Å². The van der Waals surface area contributed by atoms with Crippen LogP contribution < -0.4 is 10.1 Å². The third kappa shape index (κ3) is 2.89. The van der Waals surface area contributed by atoms with Crippen molar-refractivity contribution in [2.45, 2.75) is 39.3 Å². The molecule has 5 rings (SSSR count). The first-order valence-corrected chi connectivity index (χ1v) is 9.95. The standard InChI is InChI=1S/C18H22ClN7O2/c1-10-9-27-7-4-13(10)26-11(2)14-17(24-26)28-6-3-5-25-16-12(15(19)23-25)8-20-18(21-14)22-16/h8,10,13H,3-7,9H2,1-2H3,(H,20,21,22)/t10-,13-/m1/s1.